The lowest BCUT2D eigenvalue weighted by molar-refractivity contribution is 0.0948. The highest BCUT2D eigenvalue weighted by Gasteiger charge is 2.22. The van der Waals surface area contributed by atoms with E-state index >= 15 is 0 Å². The van der Waals surface area contributed by atoms with E-state index in [0.29, 0.717) is 29.3 Å². The molecule has 4 rings (SSSR count). The molecule has 0 aromatic heterocycles. The predicted octanol–water partition coefficient (Wildman–Crippen LogP) is 5.20. The molecule has 0 atom stereocenters. The molecule has 2 N–H and O–H groups in total. The molecule has 0 bridgehead atoms. The molecule has 0 unspecified atom stereocenters. The highest BCUT2D eigenvalue weighted by Crippen LogP contribution is 2.30. The summed E-state index contributed by atoms with van der Waals surface area (Å²) in [5.74, 6) is 0.0378. The van der Waals surface area contributed by atoms with Gasteiger partial charge in [-0.2, -0.15) is 0 Å². The van der Waals surface area contributed by atoms with E-state index < -0.39 is 0 Å². The maximum Gasteiger partial charge on any atom is 0.255 e. The van der Waals surface area contributed by atoms with E-state index in [-0.39, 0.29) is 11.8 Å². The molecule has 33 heavy (non-hydrogen) atoms. The average Bonchev–Trinajstić information content (AvgIpc) is 2.82. The van der Waals surface area contributed by atoms with E-state index in [1.807, 2.05) is 31.2 Å². The number of rotatable bonds is 6. The summed E-state index contributed by atoms with van der Waals surface area (Å²) in [4.78, 5) is 28.1. The van der Waals surface area contributed by atoms with E-state index in [9.17, 15) is 9.59 Å². The fourth-order valence-electron chi connectivity index (χ4n) is 4.07. The fraction of sp³-hybridized carbons (Fsp3) is 0.286. The summed E-state index contributed by atoms with van der Waals surface area (Å²) in [5, 5.41) is 5.98. The molecule has 0 spiro atoms. The van der Waals surface area contributed by atoms with Crippen molar-refractivity contribution in [3.05, 3.63) is 94.5 Å². The molecule has 170 valence electrons. The van der Waals surface area contributed by atoms with Crippen LogP contribution in [0.3, 0.4) is 0 Å². The molecule has 3 aromatic carbocycles. The third-order valence-electron chi connectivity index (χ3n) is 5.96. The first-order chi connectivity index (χ1) is 15.9. The van der Waals surface area contributed by atoms with Crippen LogP contribution in [-0.2, 0) is 13.0 Å². The molecule has 0 aliphatic carbocycles. The van der Waals surface area contributed by atoms with Gasteiger partial charge in [-0.3, -0.25) is 9.59 Å². The van der Waals surface area contributed by atoms with Crippen molar-refractivity contribution < 1.29 is 9.59 Å². The lowest BCUT2D eigenvalue weighted by Gasteiger charge is -2.32. The molecular weight excluding hydrogens is 410 g/mol. The van der Waals surface area contributed by atoms with E-state index in [1.165, 1.54) is 11.1 Å². The topological polar surface area (TPSA) is 61.4 Å². The molecule has 3 aromatic rings. The molecular formula is C28H31N3O2. The van der Waals surface area contributed by atoms with Crippen molar-refractivity contribution in [1.29, 1.82) is 0 Å². The summed E-state index contributed by atoms with van der Waals surface area (Å²) in [6, 6.07) is 21.5. The van der Waals surface area contributed by atoms with Crippen LogP contribution < -0.4 is 15.5 Å². The first kappa shape index (κ1) is 22.6. The number of nitrogens with zero attached hydrogens (tertiary/aromatic N) is 1. The van der Waals surface area contributed by atoms with Gasteiger partial charge in [-0.25, -0.2) is 0 Å². The number of fused-ring (bicyclic) bond motifs is 1. The third kappa shape index (κ3) is 5.43. The Bertz CT molecular complexity index is 1150. The number of carbonyl (C=O) groups excluding carboxylic acids is 2. The van der Waals surface area contributed by atoms with Gasteiger partial charge in [-0.15, -0.1) is 0 Å². The van der Waals surface area contributed by atoms with Gasteiger partial charge in [0.15, 0.2) is 0 Å². The van der Waals surface area contributed by atoms with E-state index in [4.69, 9.17) is 0 Å². The molecule has 0 saturated heterocycles. The van der Waals surface area contributed by atoms with Crippen molar-refractivity contribution >= 4 is 23.2 Å². The number of carbonyl (C=O) groups is 2. The number of hydrogen-bond donors (Lipinski definition) is 2. The minimum atomic E-state index is -0.191. The summed E-state index contributed by atoms with van der Waals surface area (Å²) in [6.45, 7) is 8.33. The number of aryl methyl sites for hydroxylation is 1. The second kappa shape index (κ2) is 9.90. The number of anilines is 2. The van der Waals surface area contributed by atoms with Crippen LogP contribution in [0.2, 0.25) is 0 Å². The number of hydrogen-bond acceptors (Lipinski definition) is 3. The van der Waals surface area contributed by atoms with Crippen LogP contribution in [-0.4, -0.2) is 24.9 Å². The Hall–Kier alpha value is -3.60. The molecule has 1 aliphatic heterocycles. The first-order valence-electron chi connectivity index (χ1n) is 11.5. The molecule has 0 fully saturated rings. The first-order valence-corrected chi connectivity index (χ1v) is 11.5. The molecule has 0 radical (unpaired) electrons. The normalized spacial score (nSPS) is 12.9. The fourth-order valence-corrected chi connectivity index (χ4v) is 4.07. The van der Waals surface area contributed by atoms with Gasteiger partial charge in [0.2, 0.25) is 0 Å². The maximum atomic E-state index is 13.2. The van der Waals surface area contributed by atoms with Crippen molar-refractivity contribution in [1.82, 2.24) is 5.32 Å². The van der Waals surface area contributed by atoms with Crippen LogP contribution in [0.5, 0.6) is 0 Å². The molecule has 0 saturated carbocycles. The Morgan fingerprint density at radius 3 is 2.39 bits per heavy atom. The van der Waals surface area contributed by atoms with Gasteiger partial charge in [0.1, 0.15) is 0 Å². The van der Waals surface area contributed by atoms with Crippen molar-refractivity contribution in [2.24, 2.45) is 5.92 Å². The van der Waals surface area contributed by atoms with Crippen molar-refractivity contribution in [2.75, 3.05) is 23.3 Å². The highest BCUT2D eigenvalue weighted by molar-refractivity contribution is 6.06. The summed E-state index contributed by atoms with van der Waals surface area (Å²) in [5.41, 5.74) is 6.41. The molecule has 5 heteroatoms. The molecule has 1 aliphatic rings. The molecule has 1 heterocycles. The Balaban J connectivity index is 1.61. The predicted molar refractivity (Wildman–Crippen MR) is 134 cm³/mol. The number of nitrogens with one attached hydrogen (secondary N) is 2. The van der Waals surface area contributed by atoms with Crippen molar-refractivity contribution in [3.63, 3.8) is 0 Å². The molecule has 5 nitrogen and oxygen atoms in total. The standard InChI is InChI=1S/C28H31N3O2/c1-19(2)17-29-28(33)25-16-24(30-27(32)22-10-8-20(3)9-11-22)12-13-26(25)31-15-14-21-6-4-5-7-23(21)18-31/h4-13,16,19H,14-15,17-18H2,1-3H3,(H,29,33)(H,30,32). The quantitative estimate of drug-likeness (QED) is 0.553. The van der Waals surface area contributed by atoms with Gasteiger partial charge in [-0.1, -0.05) is 55.8 Å². The average molecular weight is 442 g/mol. The minimum absolute atomic E-state index is 0.121. The summed E-state index contributed by atoms with van der Waals surface area (Å²) in [6.07, 6.45) is 0.940. The van der Waals surface area contributed by atoms with Gasteiger partial charge in [0, 0.05) is 36.6 Å². The monoisotopic (exact) mass is 441 g/mol. The lowest BCUT2D eigenvalue weighted by atomic mass is 9.98. The summed E-state index contributed by atoms with van der Waals surface area (Å²) >= 11 is 0. The lowest BCUT2D eigenvalue weighted by Crippen LogP contribution is -2.34. The largest absolute Gasteiger partial charge is 0.366 e. The second-order valence-corrected chi connectivity index (χ2v) is 9.10. The van der Waals surface area contributed by atoms with Crippen molar-refractivity contribution in [2.45, 2.75) is 33.7 Å². The minimum Gasteiger partial charge on any atom is -0.366 e. The number of amides is 2. The van der Waals surface area contributed by atoms with Gasteiger partial charge in [-0.05, 0) is 60.7 Å². The van der Waals surface area contributed by atoms with Crippen LogP contribution in [0.25, 0.3) is 0 Å². The zero-order valence-corrected chi connectivity index (χ0v) is 19.5. The zero-order valence-electron chi connectivity index (χ0n) is 19.5. The zero-order chi connectivity index (χ0) is 23.4. The van der Waals surface area contributed by atoms with Gasteiger partial charge in [0.25, 0.3) is 11.8 Å². The number of benzene rings is 3. The maximum absolute atomic E-state index is 13.2. The third-order valence-corrected chi connectivity index (χ3v) is 5.96. The Labute approximate surface area is 195 Å². The Kier molecular flexibility index (Phi) is 6.78. The second-order valence-electron chi connectivity index (χ2n) is 9.10. The van der Waals surface area contributed by atoms with E-state index in [2.05, 4.69) is 53.6 Å². The van der Waals surface area contributed by atoms with Crippen LogP contribution in [0.4, 0.5) is 11.4 Å². The summed E-state index contributed by atoms with van der Waals surface area (Å²) < 4.78 is 0. The van der Waals surface area contributed by atoms with E-state index in [1.54, 1.807) is 18.2 Å². The SMILES string of the molecule is Cc1ccc(C(=O)Nc2ccc(N3CCc4ccccc4C3)c(C(=O)NCC(C)C)c2)cc1. The van der Waals surface area contributed by atoms with Gasteiger partial charge < -0.3 is 15.5 Å². The van der Waals surface area contributed by atoms with Crippen LogP contribution >= 0.6 is 0 Å². The molecule has 2 amide bonds. The Morgan fingerprint density at radius 2 is 1.67 bits per heavy atom. The van der Waals surface area contributed by atoms with Crippen LogP contribution in [0.1, 0.15) is 51.3 Å². The summed E-state index contributed by atoms with van der Waals surface area (Å²) in [7, 11) is 0. The van der Waals surface area contributed by atoms with Gasteiger partial charge in [0.05, 0.1) is 5.56 Å². The highest BCUT2D eigenvalue weighted by atomic mass is 16.2. The Morgan fingerprint density at radius 1 is 0.939 bits per heavy atom. The van der Waals surface area contributed by atoms with Crippen LogP contribution in [0.15, 0.2) is 66.7 Å². The smallest absolute Gasteiger partial charge is 0.255 e. The van der Waals surface area contributed by atoms with Crippen LogP contribution in [0, 0.1) is 12.8 Å². The van der Waals surface area contributed by atoms with Crippen molar-refractivity contribution in [3.8, 4) is 0 Å². The van der Waals surface area contributed by atoms with E-state index in [0.717, 1.165) is 30.8 Å². The van der Waals surface area contributed by atoms with Gasteiger partial charge >= 0.3 is 0 Å².